The average Bonchev–Trinajstić information content (AvgIpc) is 2.59. The van der Waals surface area contributed by atoms with Crippen LogP contribution in [0.4, 0.5) is 0 Å². The van der Waals surface area contributed by atoms with Crippen molar-refractivity contribution in [2.75, 3.05) is 34.2 Å². The van der Waals surface area contributed by atoms with Crippen LogP contribution in [0.2, 0.25) is 0 Å². The van der Waals surface area contributed by atoms with Crippen molar-refractivity contribution in [2.24, 2.45) is 10.4 Å². The van der Waals surface area contributed by atoms with Crippen LogP contribution in [0.25, 0.3) is 0 Å². The second-order valence-corrected chi connectivity index (χ2v) is 7.25. The van der Waals surface area contributed by atoms with E-state index in [-0.39, 0.29) is 41.2 Å². The molecule has 27 heavy (non-hydrogen) atoms. The van der Waals surface area contributed by atoms with E-state index in [0.29, 0.717) is 31.2 Å². The van der Waals surface area contributed by atoms with Crippen LogP contribution in [-0.2, 0) is 11.3 Å². The molecule has 0 aliphatic carbocycles. The molecule has 1 aromatic carbocycles. The molecule has 1 aromatic rings. The van der Waals surface area contributed by atoms with Crippen molar-refractivity contribution in [3.05, 3.63) is 35.4 Å². The summed E-state index contributed by atoms with van der Waals surface area (Å²) in [4.78, 5) is 29.4. The minimum Gasteiger partial charge on any atom is -0.355 e. The Morgan fingerprint density at radius 2 is 1.56 bits per heavy atom. The highest BCUT2D eigenvalue weighted by Crippen LogP contribution is 2.11. The topological polar surface area (TPSA) is 85.8 Å². The van der Waals surface area contributed by atoms with Crippen LogP contribution in [-0.4, -0.2) is 56.9 Å². The van der Waals surface area contributed by atoms with Crippen LogP contribution in [0.15, 0.2) is 29.3 Å². The zero-order valence-electron chi connectivity index (χ0n) is 17.0. The molecule has 152 valence electrons. The van der Waals surface area contributed by atoms with E-state index < -0.39 is 0 Å². The highest BCUT2D eigenvalue weighted by atomic mass is 127. The number of guanidine groups is 1. The molecule has 0 atom stereocenters. The zero-order valence-corrected chi connectivity index (χ0v) is 19.4. The van der Waals surface area contributed by atoms with Gasteiger partial charge in [-0.3, -0.25) is 14.6 Å². The molecule has 2 amide bonds. The van der Waals surface area contributed by atoms with Gasteiger partial charge in [0.25, 0.3) is 5.91 Å². The second kappa shape index (κ2) is 11.8. The number of halogens is 1. The first-order valence-electron chi connectivity index (χ1n) is 8.68. The van der Waals surface area contributed by atoms with E-state index in [1.54, 1.807) is 26.0 Å². The molecular weight excluding hydrogens is 457 g/mol. The fourth-order valence-electron chi connectivity index (χ4n) is 2.05. The summed E-state index contributed by atoms with van der Waals surface area (Å²) in [6.45, 7) is 7.34. The SMILES string of the molecule is CN=C(NCCNC(=O)C(C)(C)C)NCc1ccc(C(=O)N(C)C)cc1.I. The summed E-state index contributed by atoms with van der Waals surface area (Å²) in [6.07, 6.45) is 0. The molecule has 0 heterocycles. The highest BCUT2D eigenvalue weighted by molar-refractivity contribution is 14.0. The van der Waals surface area contributed by atoms with Crippen LogP contribution >= 0.6 is 24.0 Å². The molecule has 8 heteroatoms. The van der Waals surface area contributed by atoms with Crippen LogP contribution in [0, 0.1) is 5.41 Å². The summed E-state index contributed by atoms with van der Waals surface area (Å²) in [5, 5.41) is 9.24. The van der Waals surface area contributed by atoms with Gasteiger partial charge >= 0.3 is 0 Å². The lowest BCUT2D eigenvalue weighted by Crippen LogP contribution is -2.43. The number of carbonyl (C=O) groups is 2. The summed E-state index contributed by atoms with van der Waals surface area (Å²) < 4.78 is 0. The Balaban J connectivity index is 0.00000676. The largest absolute Gasteiger partial charge is 0.355 e. The zero-order chi connectivity index (χ0) is 19.7. The summed E-state index contributed by atoms with van der Waals surface area (Å²) in [5.74, 6) is 0.664. The van der Waals surface area contributed by atoms with Gasteiger partial charge in [0, 0.05) is 51.8 Å². The van der Waals surface area contributed by atoms with Gasteiger partial charge in [0.05, 0.1) is 0 Å². The molecule has 7 nitrogen and oxygen atoms in total. The van der Waals surface area contributed by atoms with Gasteiger partial charge in [-0.2, -0.15) is 0 Å². The molecule has 0 spiro atoms. The lowest BCUT2D eigenvalue weighted by atomic mass is 9.96. The molecule has 0 saturated heterocycles. The fraction of sp³-hybridized carbons (Fsp3) is 0.526. The van der Waals surface area contributed by atoms with Crippen molar-refractivity contribution in [2.45, 2.75) is 27.3 Å². The molecule has 0 radical (unpaired) electrons. The third-order valence-electron chi connectivity index (χ3n) is 3.67. The molecule has 0 unspecified atom stereocenters. The number of benzene rings is 1. The van der Waals surface area contributed by atoms with Gasteiger partial charge in [-0.1, -0.05) is 32.9 Å². The van der Waals surface area contributed by atoms with Crippen molar-refractivity contribution in [3.8, 4) is 0 Å². The Hall–Kier alpha value is -1.84. The van der Waals surface area contributed by atoms with Gasteiger partial charge in [0.2, 0.25) is 5.91 Å². The summed E-state index contributed by atoms with van der Waals surface area (Å²) in [6, 6.07) is 7.47. The molecule has 1 rings (SSSR count). The predicted octanol–water partition coefficient (Wildman–Crippen LogP) is 1.83. The summed E-state index contributed by atoms with van der Waals surface area (Å²) >= 11 is 0. The lowest BCUT2D eigenvalue weighted by Gasteiger charge is -2.18. The maximum atomic E-state index is 11.9. The maximum absolute atomic E-state index is 11.9. The van der Waals surface area contributed by atoms with Crippen LogP contribution < -0.4 is 16.0 Å². The van der Waals surface area contributed by atoms with E-state index in [9.17, 15) is 9.59 Å². The molecule has 0 aliphatic heterocycles. The van der Waals surface area contributed by atoms with E-state index >= 15 is 0 Å². The minimum absolute atomic E-state index is 0. The van der Waals surface area contributed by atoms with Gasteiger partial charge in [-0.05, 0) is 17.7 Å². The number of carbonyl (C=O) groups excluding carboxylic acids is 2. The van der Waals surface area contributed by atoms with Crippen LogP contribution in [0.1, 0.15) is 36.7 Å². The third kappa shape index (κ3) is 9.07. The number of nitrogens with one attached hydrogen (secondary N) is 3. The summed E-state index contributed by atoms with van der Waals surface area (Å²) in [5.41, 5.74) is 1.32. The normalized spacial score (nSPS) is 11.3. The van der Waals surface area contributed by atoms with Gasteiger partial charge in [0.15, 0.2) is 5.96 Å². The molecule has 0 aliphatic rings. The lowest BCUT2D eigenvalue weighted by molar-refractivity contribution is -0.128. The standard InChI is InChI=1S/C19H31N5O2.HI/c1-19(2,3)17(26)21-11-12-22-18(20-4)23-13-14-7-9-15(10-8-14)16(25)24(5)6;/h7-10H,11-13H2,1-6H3,(H,21,26)(H2,20,22,23);1H. The first-order chi connectivity index (χ1) is 12.1. The van der Waals surface area contributed by atoms with Crippen molar-refractivity contribution >= 4 is 41.8 Å². The van der Waals surface area contributed by atoms with E-state index in [2.05, 4.69) is 20.9 Å². The van der Waals surface area contributed by atoms with Gasteiger partial charge in [-0.15, -0.1) is 24.0 Å². The van der Waals surface area contributed by atoms with Crippen molar-refractivity contribution in [1.29, 1.82) is 0 Å². The second-order valence-electron chi connectivity index (χ2n) is 7.25. The molecular formula is C19H32IN5O2. The van der Waals surface area contributed by atoms with Gasteiger partial charge in [-0.25, -0.2) is 0 Å². The molecule has 0 saturated carbocycles. The van der Waals surface area contributed by atoms with Crippen molar-refractivity contribution in [1.82, 2.24) is 20.9 Å². The van der Waals surface area contributed by atoms with Crippen molar-refractivity contribution < 1.29 is 9.59 Å². The van der Waals surface area contributed by atoms with Crippen LogP contribution in [0.3, 0.4) is 0 Å². The fourth-order valence-corrected chi connectivity index (χ4v) is 2.05. The van der Waals surface area contributed by atoms with E-state index in [1.165, 1.54) is 0 Å². The number of aliphatic imine (C=N–C) groups is 1. The first-order valence-corrected chi connectivity index (χ1v) is 8.68. The number of nitrogens with zero attached hydrogens (tertiary/aromatic N) is 2. The first kappa shape index (κ1) is 25.2. The monoisotopic (exact) mass is 489 g/mol. The molecule has 0 aromatic heterocycles. The highest BCUT2D eigenvalue weighted by Gasteiger charge is 2.20. The summed E-state index contributed by atoms with van der Waals surface area (Å²) in [7, 11) is 5.16. The van der Waals surface area contributed by atoms with Gasteiger partial charge < -0.3 is 20.9 Å². The molecule has 0 bridgehead atoms. The van der Waals surface area contributed by atoms with E-state index in [1.807, 2.05) is 45.0 Å². The molecule has 0 fully saturated rings. The van der Waals surface area contributed by atoms with Crippen LogP contribution in [0.5, 0.6) is 0 Å². The van der Waals surface area contributed by atoms with E-state index in [0.717, 1.165) is 5.56 Å². The number of hydrogen-bond acceptors (Lipinski definition) is 3. The molecule has 3 N–H and O–H groups in total. The predicted molar refractivity (Wildman–Crippen MR) is 121 cm³/mol. The number of hydrogen-bond donors (Lipinski definition) is 3. The minimum atomic E-state index is -0.389. The maximum Gasteiger partial charge on any atom is 0.253 e. The van der Waals surface area contributed by atoms with Gasteiger partial charge in [0.1, 0.15) is 0 Å². The Kier molecular flexibility index (Phi) is 11.0. The van der Waals surface area contributed by atoms with Crippen molar-refractivity contribution in [3.63, 3.8) is 0 Å². The Bertz CT molecular complexity index is 636. The Morgan fingerprint density at radius 1 is 1.00 bits per heavy atom. The quantitative estimate of drug-likeness (QED) is 0.247. The Morgan fingerprint density at radius 3 is 2.04 bits per heavy atom. The number of amides is 2. The third-order valence-corrected chi connectivity index (χ3v) is 3.67. The van der Waals surface area contributed by atoms with E-state index in [4.69, 9.17) is 0 Å². The number of rotatable bonds is 6. The Labute approximate surface area is 179 Å². The smallest absolute Gasteiger partial charge is 0.253 e. The average molecular weight is 489 g/mol.